The van der Waals surface area contributed by atoms with Gasteiger partial charge in [-0.3, -0.25) is 0 Å². The van der Waals surface area contributed by atoms with Crippen LogP contribution in [0.3, 0.4) is 0 Å². The highest BCUT2D eigenvalue weighted by molar-refractivity contribution is 7.11. The van der Waals surface area contributed by atoms with Crippen LogP contribution in [0.5, 0.6) is 0 Å². The van der Waals surface area contributed by atoms with Crippen molar-refractivity contribution in [3.63, 3.8) is 0 Å². The number of rotatable bonds is 4. The lowest BCUT2D eigenvalue weighted by Gasteiger charge is -2.33. The van der Waals surface area contributed by atoms with Crippen molar-refractivity contribution in [3.8, 4) is 0 Å². The Balaban J connectivity index is 1.44. The summed E-state index contributed by atoms with van der Waals surface area (Å²) in [6.07, 6.45) is 9.73. The molecular weight excluding hydrogens is 306 g/mol. The predicted molar refractivity (Wildman–Crippen MR) is 95.0 cm³/mol. The standard InChI is InChI=1S/C18H29N3OS/c1-3-15-14(2)23-16(20-15)7-11-19-17(22)21-12-10-18(13-21)8-5-4-6-9-18/h3-13H2,1-2H3,(H,19,22). The van der Waals surface area contributed by atoms with Crippen LogP contribution in [0.2, 0.25) is 0 Å². The molecule has 3 rings (SSSR count). The van der Waals surface area contributed by atoms with Crippen LogP contribution in [0.25, 0.3) is 0 Å². The Morgan fingerprint density at radius 2 is 2.09 bits per heavy atom. The van der Waals surface area contributed by atoms with Crippen molar-refractivity contribution in [1.82, 2.24) is 15.2 Å². The van der Waals surface area contributed by atoms with Gasteiger partial charge in [-0.05, 0) is 38.0 Å². The average molecular weight is 336 g/mol. The van der Waals surface area contributed by atoms with Crippen LogP contribution in [-0.2, 0) is 12.8 Å². The molecule has 2 aliphatic rings. The molecule has 0 aromatic carbocycles. The van der Waals surface area contributed by atoms with Crippen LogP contribution in [0.15, 0.2) is 0 Å². The Bertz CT molecular complexity index is 548. The minimum Gasteiger partial charge on any atom is -0.338 e. The van der Waals surface area contributed by atoms with Crippen LogP contribution in [0, 0.1) is 12.3 Å². The van der Waals surface area contributed by atoms with Crippen LogP contribution in [-0.4, -0.2) is 35.5 Å². The van der Waals surface area contributed by atoms with E-state index in [0.717, 1.165) is 30.9 Å². The molecule has 4 nitrogen and oxygen atoms in total. The maximum absolute atomic E-state index is 12.4. The van der Waals surface area contributed by atoms with Crippen molar-refractivity contribution in [2.24, 2.45) is 5.41 Å². The maximum atomic E-state index is 12.4. The van der Waals surface area contributed by atoms with Crippen LogP contribution in [0.1, 0.15) is 61.0 Å². The van der Waals surface area contributed by atoms with Gasteiger partial charge in [0.15, 0.2) is 0 Å². The van der Waals surface area contributed by atoms with E-state index in [4.69, 9.17) is 0 Å². The van der Waals surface area contributed by atoms with Gasteiger partial charge in [0.1, 0.15) is 0 Å². The summed E-state index contributed by atoms with van der Waals surface area (Å²) < 4.78 is 0. The quantitative estimate of drug-likeness (QED) is 0.906. The molecule has 1 spiro atoms. The summed E-state index contributed by atoms with van der Waals surface area (Å²) in [5, 5.41) is 4.24. The molecule has 1 aromatic heterocycles. The Labute approximate surface area is 143 Å². The van der Waals surface area contributed by atoms with Gasteiger partial charge in [0.05, 0.1) is 10.7 Å². The van der Waals surface area contributed by atoms with E-state index in [0.29, 0.717) is 12.0 Å². The van der Waals surface area contributed by atoms with Crippen molar-refractivity contribution in [3.05, 3.63) is 15.6 Å². The van der Waals surface area contributed by atoms with Crippen molar-refractivity contribution in [2.45, 2.75) is 65.2 Å². The second-order valence-corrected chi connectivity index (χ2v) is 8.47. The number of aryl methyl sites for hydroxylation is 2. The van der Waals surface area contributed by atoms with Gasteiger partial charge in [-0.2, -0.15) is 0 Å². The van der Waals surface area contributed by atoms with Crippen molar-refractivity contribution >= 4 is 17.4 Å². The number of urea groups is 1. The first-order valence-corrected chi connectivity index (χ1v) is 9.91. The zero-order valence-electron chi connectivity index (χ0n) is 14.5. The number of carbonyl (C=O) groups excluding carboxylic acids is 1. The summed E-state index contributed by atoms with van der Waals surface area (Å²) in [5.74, 6) is 0. The van der Waals surface area contributed by atoms with Crippen LogP contribution in [0.4, 0.5) is 4.79 Å². The van der Waals surface area contributed by atoms with Gasteiger partial charge in [0, 0.05) is 30.9 Å². The number of aromatic nitrogens is 1. The number of hydrogen-bond acceptors (Lipinski definition) is 3. The third kappa shape index (κ3) is 3.87. The molecule has 1 aliphatic carbocycles. The number of hydrogen-bond donors (Lipinski definition) is 1. The first kappa shape index (κ1) is 16.7. The fourth-order valence-corrected chi connectivity index (χ4v) is 5.15. The number of nitrogens with zero attached hydrogens (tertiary/aromatic N) is 2. The number of nitrogens with one attached hydrogen (secondary N) is 1. The molecule has 1 aromatic rings. The summed E-state index contributed by atoms with van der Waals surface area (Å²) in [5.41, 5.74) is 1.65. The lowest BCUT2D eigenvalue weighted by atomic mass is 9.73. The van der Waals surface area contributed by atoms with E-state index in [2.05, 4.69) is 24.1 Å². The molecule has 23 heavy (non-hydrogen) atoms. The molecule has 2 fully saturated rings. The van der Waals surface area contributed by atoms with E-state index >= 15 is 0 Å². The molecule has 1 N–H and O–H groups in total. The molecular formula is C18H29N3OS. The fraction of sp³-hybridized carbons (Fsp3) is 0.778. The van der Waals surface area contributed by atoms with Crippen LogP contribution < -0.4 is 5.32 Å². The highest BCUT2D eigenvalue weighted by atomic mass is 32.1. The molecule has 128 valence electrons. The van der Waals surface area contributed by atoms with Gasteiger partial charge in [-0.1, -0.05) is 26.2 Å². The summed E-state index contributed by atoms with van der Waals surface area (Å²) >= 11 is 1.76. The zero-order chi connectivity index (χ0) is 16.3. The zero-order valence-corrected chi connectivity index (χ0v) is 15.3. The molecule has 5 heteroatoms. The Hall–Kier alpha value is -1.10. The number of likely N-dealkylation sites (tertiary alicyclic amines) is 1. The van der Waals surface area contributed by atoms with Gasteiger partial charge in [-0.25, -0.2) is 9.78 Å². The fourth-order valence-electron chi connectivity index (χ4n) is 4.13. The molecule has 1 saturated heterocycles. The molecule has 0 unspecified atom stereocenters. The molecule has 0 radical (unpaired) electrons. The number of thiazole rings is 1. The predicted octanol–water partition coefficient (Wildman–Crippen LogP) is 3.92. The molecule has 2 heterocycles. The lowest BCUT2D eigenvalue weighted by Crippen LogP contribution is -2.41. The summed E-state index contributed by atoms with van der Waals surface area (Å²) in [4.78, 5) is 20.4. The molecule has 1 aliphatic heterocycles. The largest absolute Gasteiger partial charge is 0.338 e. The second-order valence-electron chi connectivity index (χ2n) is 7.18. The van der Waals surface area contributed by atoms with E-state index in [-0.39, 0.29) is 6.03 Å². The molecule has 0 bridgehead atoms. The molecule has 1 saturated carbocycles. The van der Waals surface area contributed by atoms with Gasteiger partial charge < -0.3 is 10.2 Å². The first-order chi connectivity index (χ1) is 11.1. The third-order valence-corrected chi connectivity index (χ3v) is 6.60. The highest BCUT2D eigenvalue weighted by Crippen LogP contribution is 2.43. The monoisotopic (exact) mass is 335 g/mol. The van der Waals surface area contributed by atoms with Crippen molar-refractivity contribution in [1.29, 1.82) is 0 Å². The lowest BCUT2D eigenvalue weighted by molar-refractivity contribution is 0.177. The van der Waals surface area contributed by atoms with Gasteiger partial charge in [0.2, 0.25) is 0 Å². The summed E-state index contributed by atoms with van der Waals surface area (Å²) in [6.45, 7) is 6.87. The van der Waals surface area contributed by atoms with Crippen molar-refractivity contribution in [2.75, 3.05) is 19.6 Å². The minimum atomic E-state index is 0.122. The topological polar surface area (TPSA) is 45.2 Å². The van der Waals surface area contributed by atoms with E-state index in [9.17, 15) is 4.79 Å². The minimum absolute atomic E-state index is 0.122. The third-order valence-electron chi connectivity index (χ3n) is 5.53. The summed E-state index contributed by atoms with van der Waals surface area (Å²) in [7, 11) is 0. The highest BCUT2D eigenvalue weighted by Gasteiger charge is 2.40. The molecule has 2 amide bonds. The van der Waals surface area contributed by atoms with Crippen LogP contribution >= 0.6 is 11.3 Å². The summed E-state index contributed by atoms with van der Waals surface area (Å²) in [6, 6.07) is 0.122. The number of carbonyl (C=O) groups is 1. The van der Waals surface area contributed by atoms with E-state index < -0.39 is 0 Å². The average Bonchev–Trinajstić information content (AvgIpc) is 3.12. The van der Waals surface area contributed by atoms with E-state index in [1.54, 1.807) is 11.3 Å². The van der Waals surface area contributed by atoms with E-state index in [1.165, 1.54) is 49.1 Å². The van der Waals surface area contributed by atoms with Gasteiger partial charge >= 0.3 is 6.03 Å². The van der Waals surface area contributed by atoms with Crippen molar-refractivity contribution < 1.29 is 4.79 Å². The smallest absolute Gasteiger partial charge is 0.317 e. The second kappa shape index (κ2) is 7.20. The number of amides is 2. The Morgan fingerprint density at radius 3 is 2.78 bits per heavy atom. The molecule has 0 atom stereocenters. The Morgan fingerprint density at radius 1 is 1.30 bits per heavy atom. The van der Waals surface area contributed by atoms with E-state index in [1.807, 2.05) is 4.90 Å². The Kier molecular flexibility index (Phi) is 5.24. The SMILES string of the molecule is CCc1nc(CCNC(=O)N2CCC3(CCCCC3)C2)sc1C. The first-order valence-electron chi connectivity index (χ1n) is 9.10. The van der Waals surface area contributed by atoms with Gasteiger partial charge in [-0.15, -0.1) is 11.3 Å². The normalized spacial score (nSPS) is 20.2. The maximum Gasteiger partial charge on any atom is 0.317 e. The van der Waals surface area contributed by atoms with Gasteiger partial charge in [0.25, 0.3) is 0 Å².